The Bertz CT molecular complexity index is 646. The van der Waals surface area contributed by atoms with Crippen molar-refractivity contribution in [2.75, 3.05) is 27.2 Å². The van der Waals surface area contributed by atoms with E-state index in [0.29, 0.717) is 6.61 Å². The first-order valence-electron chi connectivity index (χ1n) is 7.10. The highest BCUT2D eigenvalue weighted by molar-refractivity contribution is 6.08. The molecule has 1 aliphatic carbocycles. The summed E-state index contributed by atoms with van der Waals surface area (Å²) in [5.41, 5.74) is 3.76. The lowest BCUT2D eigenvalue weighted by Gasteiger charge is -2.08. The third-order valence-corrected chi connectivity index (χ3v) is 3.77. The van der Waals surface area contributed by atoms with E-state index < -0.39 is 0 Å². The number of benzene rings is 2. The molecule has 3 rings (SSSR count). The molecule has 0 bridgehead atoms. The van der Waals surface area contributed by atoms with E-state index in [1.54, 1.807) is 0 Å². The summed E-state index contributed by atoms with van der Waals surface area (Å²) in [7, 11) is 4.07. The molecule has 104 valence electrons. The van der Waals surface area contributed by atoms with E-state index in [1.807, 2.05) is 14.1 Å². The summed E-state index contributed by atoms with van der Waals surface area (Å²) in [4.78, 5) is 7.54. The van der Waals surface area contributed by atoms with E-state index in [1.165, 1.54) is 21.9 Å². The lowest BCUT2D eigenvalue weighted by Crippen LogP contribution is -2.17. The van der Waals surface area contributed by atoms with Gasteiger partial charge in [0.2, 0.25) is 0 Å². The molecule has 3 heteroatoms. The molecule has 3 nitrogen and oxygen atoms in total. The van der Waals surface area contributed by atoms with Crippen molar-refractivity contribution in [3.8, 4) is 0 Å². The average molecular weight is 268 g/mol. The van der Waals surface area contributed by atoms with E-state index in [2.05, 4.69) is 46.5 Å². The molecular formula is C17H20N2O. The molecule has 0 amide bonds. The smallest absolute Gasteiger partial charge is 0.129 e. The fourth-order valence-corrected chi connectivity index (χ4v) is 2.70. The van der Waals surface area contributed by atoms with Crippen molar-refractivity contribution in [3.05, 3.63) is 47.5 Å². The van der Waals surface area contributed by atoms with Gasteiger partial charge in [-0.3, -0.25) is 0 Å². The summed E-state index contributed by atoms with van der Waals surface area (Å²) in [5.74, 6) is 0. The summed E-state index contributed by atoms with van der Waals surface area (Å²) in [6, 6.07) is 12.9. The Morgan fingerprint density at radius 3 is 2.80 bits per heavy atom. The molecule has 2 aromatic rings. The van der Waals surface area contributed by atoms with Crippen molar-refractivity contribution in [1.82, 2.24) is 4.90 Å². The quantitative estimate of drug-likeness (QED) is 0.629. The van der Waals surface area contributed by atoms with Gasteiger partial charge in [-0.1, -0.05) is 41.6 Å². The Morgan fingerprint density at radius 1 is 1.10 bits per heavy atom. The van der Waals surface area contributed by atoms with Crippen LogP contribution in [0.4, 0.5) is 0 Å². The van der Waals surface area contributed by atoms with Crippen LogP contribution in [0.25, 0.3) is 10.8 Å². The Balaban J connectivity index is 1.83. The number of hydrogen-bond donors (Lipinski definition) is 0. The van der Waals surface area contributed by atoms with Crippen LogP contribution in [-0.2, 0) is 11.3 Å². The van der Waals surface area contributed by atoms with Gasteiger partial charge in [0.1, 0.15) is 6.61 Å². The second-order valence-corrected chi connectivity index (χ2v) is 5.49. The summed E-state index contributed by atoms with van der Waals surface area (Å²) in [6.07, 6.45) is 2.04. The third-order valence-electron chi connectivity index (χ3n) is 3.77. The number of hydrogen-bond acceptors (Lipinski definition) is 3. The predicted molar refractivity (Wildman–Crippen MR) is 83.3 cm³/mol. The molecule has 0 radical (unpaired) electrons. The SMILES string of the molecule is CN(C)CCO/N=C1/CCc2c1ccc1ccccc21. The van der Waals surface area contributed by atoms with Gasteiger partial charge in [-0.2, -0.15) is 0 Å². The van der Waals surface area contributed by atoms with E-state index >= 15 is 0 Å². The van der Waals surface area contributed by atoms with Gasteiger partial charge in [-0.05, 0) is 43.3 Å². The summed E-state index contributed by atoms with van der Waals surface area (Å²) < 4.78 is 0. The molecule has 0 spiro atoms. The Kier molecular flexibility index (Phi) is 3.70. The molecule has 0 aromatic heterocycles. The molecule has 0 saturated carbocycles. The van der Waals surface area contributed by atoms with Crippen molar-refractivity contribution >= 4 is 16.5 Å². The molecule has 20 heavy (non-hydrogen) atoms. The number of oxime groups is 1. The van der Waals surface area contributed by atoms with Crippen molar-refractivity contribution in [2.24, 2.45) is 5.16 Å². The molecule has 0 fully saturated rings. The lowest BCUT2D eigenvalue weighted by molar-refractivity contribution is 0.126. The van der Waals surface area contributed by atoms with Gasteiger partial charge in [0.25, 0.3) is 0 Å². The van der Waals surface area contributed by atoms with Crippen molar-refractivity contribution in [3.63, 3.8) is 0 Å². The minimum absolute atomic E-state index is 0.638. The fraction of sp³-hybridized carbons (Fsp3) is 0.353. The maximum Gasteiger partial charge on any atom is 0.129 e. The van der Waals surface area contributed by atoms with Crippen molar-refractivity contribution < 1.29 is 4.84 Å². The summed E-state index contributed by atoms with van der Waals surface area (Å²) >= 11 is 0. The summed E-state index contributed by atoms with van der Waals surface area (Å²) in [5, 5.41) is 6.99. The maximum absolute atomic E-state index is 5.44. The van der Waals surface area contributed by atoms with Gasteiger partial charge in [0.05, 0.1) is 5.71 Å². The predicted octanol–water partition coefficient (Wildman–Crippen LogP) is 3.07. The zero-order chi connectivity index (χ0) is 13.9. The molecule has 0 heterocycles. The minimum Gasteiger partial charge on any atom is -0.394 e. The van der Waals surface area contributed by atoms with Crippen LogP contribution in [0.3, 0.4) is 0 Å². The first kappa shape index (κ1) is 13.1. The number of fused-ring (bicyclic) bond motifs is 3. The van der Waals surface area contributed by atoms with E-state index in [0.717, 1.165) is 25.1 Å². The molecule has 0 unspecified atom stereocenters. The van der Waals surface area contributed by atoms with Crippen LogP contribution in [0.5, 0.6) is 0 Å². The van der Waals surface area contributed by atoms with E-state index in [4.69, 9.17) is 4.84 Å². The number of aryl methyl sites for hydroxylation is 1. The molecule has 1 aliphatic rings. The number of rotatable bonds is 4. The van der Waals surface area contributed by atoms with E-state index in [-0.39, 0.29) is 0 Å². The van der Waals surface area contributed by atoms with Gasteiger partial charge in [-0.15, -0.1) is 0 Å². The second kappa shape index (κ2) is 5.63. The van der Waals surface area contributed by atoms with Crippen molar-refractivity contribution in [2.45, 2.75) is 12.8 Å². The first-order chi connectivity index (χ1) is 9.75. The largest absolute Gasteiger partial charge is 0.394 e. The highest BCUT2D eigenvalue weighted by Crippen LogP contribution is 2.30. The highest BCUT2D eigenvalue weighted by Gasteiger charge is 2.20. The molecule has 0 N–H and O–H groups in total. The topological polar surface area (TPSA) is 24.8 Å². The Morgan fingerprint density at radius 2 is 1.95 bits per heavy atom. The van der Waals surface area contributed by atoms with Crippen LogP contribution >= 0.6 is 0 Å². The molecule has 2 aromatic carbocycles. The zero-order valence-electron chi connectivity index (χ0n) is 12.1. The molecule has 0 atom stereocenters. The molecule has 0 aliphatic heterocycles. The van der Waals surface area contributed by atoms with Crippen LogP contribution < -0.4 is 0 Å². The molecule has 0 saturated heterocycles. The summed E-state index contributed by atoms with van der Waals surface area (Å²) in [6.45, 7) is 1.53. The maximum atomic E-state index is 5.44. The van der Waals surface area contributed by atoms with Crippen LogP contribution in [0.2, 0.25) is 0 Å². The minimum atomic E-state index is 0.638. The normalized spacial score (nSPS) is 16.1. The third kappa shape index (κ3) is 2.54. The first-order valence-corrected chi connectivity index (χ1v) is 7.10. The van der Waals surface area contributed by atoms with Gasteiger partial charge in [0, 0.05) is 12.1 Å². The monoisotopic (exact) mass is 268 g/mol. The van der Waals surface area contributed by atoms with Gasteiger partial charge < -0.3 is 9.74 Å². The van der Waals surface area contributed by atoms with Gasteiger partial charge >= 0.3 is 0 Å². The fourth-order valence-electron chi connectivity index (χ4n) is 2.70. The van der Waals surface area contributed by atoms with Crippen LogP contribution in [-0.4, -0.2) is 37.9 Å². The second-order valence-electron chi connectivity index (χ2n) is 5.49. The average Bonchev–Trinajstić information content (AvgIpc) is 2.87. The lowest BCUT2D eigenvalue weighted by atomic mass is 10.0. The highest BCUT2D eigenvalue weighted by atomic mass is 16.6. The van der Waals surface area contributed by atoms with Gasteiger partial charge in [-0.25, -0.2) is 0 Å². The Labute approximate surface area is 119 Å². The zero-order valence-corrected chi connectivity index (χ0v) is 12.1. The van der Waals surface area contributed by atoms with Crippen LogP contribution in [0, 0.1) is 0 Å². The Hall–Kier alpha value is -1.87. The molecular weight excluding hydrogens is 248 g/mol. The van der Waals surface area contributed by atoms with Crippen LogP contribution in [0.15, 0.2) is 41.6 Å². The van der Waals surface area contributed by atoms with Crippen LogP contribution in [0.1, 0.15) is 17.5 Å². The standard InChI is InChI=1S/C17H20N2O/c1-19(2)11-12-20-18-17-10-9-15-14-6-4-3-5-13(14)7-8-16(15)17/h3-8H,9-12H2,1-2H3/b18-17-. The van der Waals surface area contributed by atoms with E-state index in [9.17, 15) is 0 Å². The number of likely N-dealkylation sites (N-methyl/N-ethyl adjacent to an activating group) is 1. The number of nitrogens with zero attached hydrogens (tertiary/aromatic N) is 2. The van der Waals surface area contributed by atoms with Crippen molar-refractivity contribution in [1.29, 1.82) is 0 Å². The van der Waals surface area contributed by atoms with Gasteiger partial charge in [0.15, 0.2) is 0 Å².